The highest BCUT2D eigenvalue weighted by Crippen LogP contribution is 2.10. The molecule has 4 N–H and O–H groups in total. The number of phenols is 1. The van der Waals surface area contributed by atoms with Gasteiger partial charge in [-0.25, -0.2) is 0 Å². The predicted molar refractivity (Wildman–Crippen MR) is 81.8 cm³/mol. The highest BCUT2D eigenvalue weighted by atomic mass is 16.3. The molecule has 0 aliphatic carbocycles. The van der Waals surface area contributed by atoms with E-state index in [4.69, 9.17) is 5.11 Å². The summed E-state index contributed by atoms with van der Waals surface area (Å²) in [5.41, 5.74) is -1.77. The quantitative estimate of drug-likeness (QED) is 0.415. The van der Waals surface area contributed by atoms with Crippen LogP contribution in [0.4, 0.5) is 0 Å². The van der Waals surface area contributed by atoms with Crippen LogP contribution in [0.2, 0.25) is 0 Å². The highest BCUT2D eigenvalue weighted by Gasteiger charge is 2.33. The van der Waals surface area contributed by atoms with Gasteiger partial charge in [0.25, 0.3) is 0 Å². The average Bonchev–Trinajstić information content (AvgIpc) is 2.54. The zero-order valence-electron chi connectivity index (χ0n) is 13.0. The lowest BCUT2D eigenvalue weighted by Crippen LogP contribution is -2.42. The first-order chi connectivity index (χ1) is 11.2. The van der Waals surface area contributed by atoms with Crippen molar-refractivity contribution in [3.05, 3.63) is 29.8 Å². The molecule has 0 saturated carbocycles. The summed E-state index contributed by atoms with van der Waals surface area (Å²) in [7, 11) is 0. The van der Waals surface area contributed by atoms with Gasteiger partial charge >= 0.3 is 0 Å². The normalized spacial score (nSPS) is 14.3. The Bertz CT molecular complexity index is 622. The number of nitrogens with one attached hydrogen (secondary N) is 1. The summed E-state index contributed by atoms with van der Waals surface area (Å²) < 4.78 is 0. The third kappa shape index (κ3) is 5.90. The van der Waals surface area contributed by atoms with Crippen molar-refractivity contribution < 1.29 is 34.5 Å². The topological polar surface area (TPSA) is 141 Å². The first-order valence-electron chi connectivity index (χ1n) is 7.06. The number of carbonyl (C=O) groups excluding carboxylic acids is 4. The maximum absolute atomic E-state index is 11.7. The van der Waals surface area contributed by atoms with Crippen LogP contribution in [0.1, 0.15) is 18.9 Å². The fourth-order valence-electron chi connectivity index (χ4n) is 1.71. The molecule has 0 aromatic heterocycles. The van der Waals surface area contributed by atoms with Crippen LogP contribution in [0, 0.1) is 0 Å². The summed E-state index contributed by atoms with van der Waals surface area (Å²) in [5.74, 6) is -2.30. The second kappa shape index (κ2) is 8.32. The van der Waals surface area contributed by atoms with E-state index in [1.54, 1.807) is 12.1 Å². The first kappa shape index (κ1) is 19.5. The van der Waals surface area contributed by atoms with E-state index < -0.39 is 42.1 Å². The van der Waals surface area contributed by atoms with Crippen molar-refractivity contribution in [3.63, 3.8) is 0 Å². The molecule has 2 atom stereocenters. The van der Waals surface area contributed by atoms with E-state index in [2.05, 4.69) is 5.32 Å². The molecule has 0 bridgehead atoms. The van der Waals surface area contributed by atoms with Crippen LogP contribution in [0.3, 0.4) is 0 Å². The van der Waals surface area contributed by atoms with Crippen LogP contribution < -0.4 is 5.32 Å². The number of hydrogen-bond acceptors (Lipinski definition) is 7. The summed E-state index contributed by atoms with van der Waals surface area (Å²) in [4.78, 5) is 45.2. The van der Waals surface area contributed by atoms with E-state index in [1.807, 2.05) is 0 Å². The van der Waals surface area contributed by atoms with Gasteiger partial charge in [0, 0.05) is 6.42 Å². The molecular weight excluding hydrogens is 318 g/mol. The minimum Gasteiger partial charge on any atom is -0.508 e. The Morgan fingerprint density at radius 3 is 2.38 bits per heavy atom. The number of aromatic hydroxyl groups is 1. The van der Waals surface area contributed by atoms with Gasteiger partial charge in [0.2, 0.25) is 12.2 Å². The lowest BCUT2D eigenvalue weighted by Gasteiger charge is -2.15. The Morgan fingerprint density at radius 2 is 1.83 bits per heavy atom. The number of benzene rings is 1. The Labute approximate surface area is 138 Å². The second-order valence-electron chi connectivity index (χ2n) is 5.40. The molecule has 129 valence electrons. The van der Waals surface area contributed by atoms with Gasteiger partial charge in [0.15, 0.2) is 17.2 Å². The zero-order chi connectivity index (χ0) is 18.3. The molecule has 0 spiro atoms. The Hall–Kier alpha value is -2.58. The van der Waals surface area contributed by atoms with Gasteiger partial charge in [-0.15, -0.1) is 0 Å². The summed E-state index contributed by atoms with van der Waals surface area (Å²) in [6, 6.07) is 5.92. The minimum absolute atomic E-state index is 0.0304. The van der Waals surface area contributed by atoms with Gasteiger partial charge < -0.3 is 20.6 Å². The number of hydrogen-bond donors (Lipinski definition) is 4. The number of phenolic OH excluding ortho intramolecular Hbond substituents is 1. The SMILES string of the molecule is CC(O)([C]=O)C(=O)CC(O)C(=O)CNC(=O)Cc1ccc(O)cc1. The maximum Gasteiger partial charge on any atom is 0.240 e. The van der Waals surface area contributed by atoms with Crippen molar-refractivity contribution >= 4 is 23.8 Å². The molecule has 1 rings (SSSR count). The molecule has 24 heavy (non-hydrogen) atoms. The van der Waals surface area contributed by atoms with Crippen LogP contribution >= 0.6 is 0 Å². The van der Waals surface area contributed by atoms with Crippen LogP contribution in [0.25, 0.3) is 0 Å². The molecule has 0 aliphatic rings. The fourth-order valence-corrected chi connectivity index (χ4v) is 1.71. The van der Waals surface area contributed by atoms with Gasteiger partial charge in [-0.05, 0) is 24.6 Å². The van der Waals surface area contributed by atoms with Crippen molar-refractivity contribution in [1.82, 2.24) is 5.32 Å². The molecule has 1 aromatic rings. The minimum atomic E-state index is -2.39. The molecular formula is C16H18NO7. The van der Waals surface area contributed by atoms with E-state index in [9.17, 15) is 29.4 Å². The molecule has 0 heterocycles. The lowest BCUT2D eigenvalue weighted by molar-refractivity contribution is -0.137. The second-order valence-corrected chi connectivity index (χ2v) is 5.40. The lowest BCUT2D eigenvalue weighted by atomic mass is 9.96. The molecule has 0 saturated heterocycles. The molecule has 1 radical (unpaired) electrons. The van der Waals surface area contributed by atoms with E-state index in [0.717, 1.165) is 13.2 Å². The summed E-state index contributed by atoms with van der Waals surface area (Å²) in [6.07, 6.45) is -1.42. The summed E-state index contributed by atoms with van der Waals surface area (Å²) in [5, 5.41) is 30.4. The van der Waals surface area contributed by atoms with Crippen LogP contribution in [-0.4, -0.2) is 57.3 Å². The molecule has 1 amide bonds. The predicted octanol–water partition coefficient (Wildman–Crippen LogP) is -1.20. The molecule has 2 unspecified atom stereocenters. The van der Waals surface area contributed by atoms with E-state index in [1.165, 1.54) is 12.1 Å². The van der Waals surface area contributed by atoms with E-state index in [-0.39, 0.29) is 12.2 Å². The number of carbonyl (C=O) groups is 3. The molecule has 8 heteroatoms. The summed E-state index contributed by atoms with van der Waals surface area (Å²) >= 11 is 0. The van der Waals surface area contributed by atoms with Crippen molar-refractivity contribution in [2.24, 2.45) is 0 Å². The molecule has 0 aliphatic heterocycles. The van der Waals surface area contributed by atoms with Gasteiger partial charge in [-0.3, -0.25) is 19.2 Å². The van der Waals surface area contributed by atoms with E-state index >= 15 is 0 Å². The highest BCUT2D eigenvalue weighted by molar-refractivity contribution is 6.03. The molecule has 1 aromatic carbocycles. The number of amides is 1. The van der Waals surface area contributed by atoms with Crippen molar-refractivity contribution in [1.29, 1.82) is 0 Å². The first-order valence-corrected chi connectivity index (χ1v) is 7.06. The van der Waals surface area contributed by atoms with Crippen LogP contribution in [0.15, 0.2) is 24.3 Å². The molecule has 8 nitrogen and oxygen atoms in total. The number of rotatable bonds is 9. The Morgan fingerprint density at radius 1 is 1.25 bits per heavy atom. The third-order valence-corrected chi connectivity index (χ3v) is 3.25. The van der Waals surface area contributed by atoms with Crippen molar-refractivity contribution in [3.8, 4) is 5.75 Å². The monoisotopic (exact) mass is 336 g/mol. The maximum atomic E-state index is 11.7. The number of Topliss-reactive ketones (excluding diaryl/α,β-unsaturated/α-hetero) is 2. The van der Waals surface area contributed by atoms with Crippen LogP contribution in [-0.2, 0) is 25.6 Å². The van der Waals surface area contributed by atoms with E-state index in [0.29, 0.717) is 5.56 Å². The third-order valence-electron chi connectivity index (χ3n) is 3.25. The Kier molecular flexibility index (Phi) is 6.75. The van der Waals surface area contributed by atoms with Gasteiger partial charge in [-0.2, -0.15) is 0 Å². The largest absolute Gasteiger partial charge is 0.508 e. The van der Waals surface area contributed by atoms with Gasteiger partial charge in [0.1, 0.15) is 11.9 Å². The van der Waals surface area contributed by atoms with Crippen molar-refractivity contribution in [2.45, 2.75) is 31.5 Å². The fraction of sp³-hybridized carbons (Fsp3) is 0.375. The number of aliphatic hydroxyl groups excluding tert-OH is 1. The summed E-state index contributed by atoms with van der Waals surface area (Å²) in [6.45, 7) is 0.400. The number of aliphatic hydroxyl groups is 2. The standard InChI is InChI=1S/C16H18NO7/c1-16(24,9-18)14(22)7-12(20)13(21)8-17-15(23)6-10-2-4-11(19)5-3-10/h2-5,12,19-20,24H,6-8H2,1H3,(H,17,23). The van der Waals surface area contributed by atoms with Gasteiger partial charge in [-0.1, -0.05) is 12.1 Å². The van der Waals surface area contributed by atoms with Crippen molar-refractivity contribution in [2.75, 3.05) is 6.54 Å². The Balaban J connectivity index is 2.44. The molecule has 0 fully saturated rings. The average molecular weight is 336 g/mol. The zero-order valence-corrected chi connectivity index (χ0v) is 13.0. The smallest absolute Gasteiger partial charge is 0.240 e. The number of ketones is 2. The van der Waals surface area contributed by atoms with Gasteiger partial charge in [0.05, 0.1) is 13.0 Å². The van der Waals surface area contributed by atoms with Crippen LogP contribution in [0.5, 0.6) is 5.75 Å².